The van der Waals surface area contributed by atoms with Crippen LogP contribution in [0.5, 0.6) is 0 Å². The summed E-state index contributed by atoms with van der Waals surface area (Å²) >= 11 is 0. The Morgan fingerprint density at radius 3 is 2.68 bits per heavy atom. The summed E-state index contributed by atoms with van der Waals surface area (Å²) in [5.41, 5.74) is 7.48. The molecule has 1 unspecified atom stereocenters. The van der Waals surface area contributed by atoms with Crippen LogP contribution in [-0.2, 0) is 0 Å². The summed E-state index contributed by atoms with van der Waals surface area (Å²) in [5.74, 6) is 0.0367. The Bertz CT molecular complexity index is 900. The predicted octanol–water partition coefficient (Wildman–Crippen LogP) is 3.79. The van der Waals surface area contributed by atoms with Crippen LogP contribution in [0.2, 0.25) is 0 Å². The first kappa shape index (κ1) is 19.4. The molecule has 0 bridgehead atoms. The number of nitrogens with zero attached hydrogens (tertiary/aromatic N) is 2. The van der Waals surface area contributed by atoms with E-state index in [4.69, 9.17) is 5.73 Å². The average molecular weight is 378 g/mol. The quantitative estimate of drug-likeness (QED) is 0.656. The normalized spacial score (nSPS) is 17.0. The Morgan fingerprint density at radius 2 is 1.88 bits per heavy atom. The van der Waals surface area contributed by atoms with Crippen LogP contribution in [0.25, 0.3) is 21.7 Å². The van der Waals surface area contributed by atoms with E-state index >= 15 is 0 Å². The summed E-state index contributed by atoms with van der Waals surface area (Å²) < 4.78 is 0. The molecule has 0 aliphatic carbocycles. The van der Waals surface area contributed by atoms with Crippen LogP contribution < -0.4 is 5.73 Å². The van der Waals surface area contributed by atoms with Gasteiger partial charge in [0, 0.05) is 30.7 Å². The van der Waals surface area contributed by atoms with Gasteiger partial charge in [0.15, 0.2) is 0 Å². The van der Waals surface area contributed by atoms with E-state index in [1.807, 2.05) is 41.3 Å². The van der Waals surface area contributed by atoms with Gasteiger partial charge in [-0.25, -0.2) is 0 Å². The number of hydrogen-bond donors (Lipinski definition) is 1. The van der Waals surface area contributed by atoms with Crippen molar-refractivity contribution in [3.63, 3.8) is 0 Å². The van der Waals surface area contributed by atoms with E-state index in [1.54, 1.807) is 6.20 Å². The number of benzene rings is 2. The van der Waals surface area contributed by atoms with Crippen molar-refractivity contribution in [2.75, 3.05) is 13.1 Å². The minimum atomic E-state index is 0. The summed E-state index contributed by atoms with van der Waals surface area (Å²) in [6, 6.07) is 14.1. The largest absolute Gasteiger partial charge is 0.337 e. The molecule has 1 saturated heterocycles. The molecular formula is C19H21Cl2N3O. The highest BCUT2D eigenvalue weighted by Gasteiger charge is 2.24. The van der Waals surface area contributed by atoms with Crippen LogP contribution in [0.3, 0.4) is 0 Å². The monoisotopic (exact) mass is 377 g/mol. The van der Waals surface area contributed by atoms with Gasteiger partial charge in [0.2, 0.25) is 0 Å². The molecule has 1 fully saturated rings. The molecule has 0 spiro atoms. The number of fused-ring (bicyclic) bond motifs is 3. The van der Waals surface area contributed by atoms with Crippen molar-refractivity contribution in [3.8, 4) is 0 Å². The number of aromatic nitrogens is 1. The number of amides is 1. The van der Waals surface area contributed by atoms with Gasteiger partial charge in [-0.05, 0) is 35.7 Å². The van der Waals surface area contributed by atoms with Crippen molar-refractivity contribution < 1.29 is 4.79 Å². The second-order valence-electron chi connectivity index (χ2n) is 6.20. The number of hydrogen-bond acceptors (Lipinski definition) is 3. The Labute approximate surface area is 159 Å². The third-order valence-electron chi connectivity index (χ3n) is 4.59. The molecule has 1 aliphatic rings. The zero-order valence-corrected chi connectivity index (χ0v) is 15.4. The molecule has 1 amide bonds. The molecule has 6 heteroatoms. The number of likely N-dealkylation sites (tertiary alicyclic amines) is 1. The van der Waals surface area contributed by atoms with Crippen LogP contribution in [0.1, 0.15) is 23.2 Å². The second-order valence-corrected chi connectivity index (χ2v) is 6.20. The van der Waals surface area contributed by atoms with E-state index in [-0.39, 0.29) is 36.8 Å². The van der Waals surface area contributed by atoms with Gasteiger partial charge < -0.3 is 10.6 Å². The molecule has 4 nitrogen and oxygen atoms in total. The van der Waals surface area contributed by atoms with Gasteiger partial charge >= 0.3 is 0 Å². The fourth-order valence-corrected chi connectivity index (χ4v) is 3.46. The fourth-order valence-electron chi connectivity index (χ4n) is 3.46. The molecule has 4 rings (SSSR count). The molecule has 1 aromatic heterocycles. The third kappa shape index (κ3) is 3.56. The molecule has 2 N–H and O–H groups in total. The minimum Gasteiger partial charge on any atom is -0.337 e. The van der Waals surface area contributed by atoms with Gasteiger partial charge in [-0.15, -0.1) is 24.8 Å². The Morgan fingerprint density at radius 1 is 1.12 bits per heavy atom. The van der Waals surface area contributed by atoms with E-state index in [1.165, 1.54) is 0 Å². The van der Waals surface area contributed by atoms with Crippen molar-refractivity contribution in [3.05, 3.63) is 54.2 Å². The molecular weight excluding hydrogens is 357 g/mol. The smallest absolute Gasteiger partial charge is 0.256 e. The number of pyridine rings is 1. The number of halogens is 2. The average Bonchev–Trinajstić information content (AvgIpc) is 2.60. The molecule has 25 heavy (non-hydrogen) atoms. The summed E-state index contributed by atoms with van der Waals surface area (Å²) in [4.78, 5) is 19.4. The lowest BCUT2D eigenvalue weighted by molar-refractivity contribution is 0.0711. The van der Waals surface area contributed by atoms with E-state index in [0.717, 1.165) is 41.1 Å². The number of piperidine rings is 1. The highest BCUT2D eigenvalue weighted by atomic mass is 35.5. The van der Waals surface area contributed by atoms with Crippen LogP contribution in [0.15, 0.2) is 48.7 Å². The maximum atomic E-state index is 13.0. The highest BCUT2D eigenvalue weighted by molar-refractivity contribution is 6.15. The molecule has 2 aromatic carbocycles. The molecule has 1 atom stereocenters. The first-order chi connectivity index (χ1) is 11.2. The van der Waals surface area contributed by atoms with Crippen LogP contribution >= 0.6 is 24.8 Å². The Kier molecular flexibility index (Phi) is 6.22. The zero-order chi connectivity index (χ0) is 15.8. The lowest BCUT2D eigenvalue weighted by atomic mass is 9.99. The molecule has 2 heterocycles. The van der Waals surface area contributed by atoms with Crippen LogP contribution in [0, 0.1) is 0 Å². The van der Waals surface area contributed by atoms with Crippen molar-refractivity contribution in [2.45, 2.75) is 18.9 Å². The minimum absolute atomic E-state index is 0. The van der Waals surface area contributed by atoms with Crippen LogP contribution in [-0.4, -0.2) is 34.9 Å². The SMILES string of the molecule is Cl.Cl.NC1CCCN(C(=O)c2cc3ccccc3c3cccnc23)C1. The number of rotatable bonds is 1. The Hall–Kier alpha value is -1.88. The van der Waals surface area contributed by atoms with Crippen molar-refractivity contribution in [1.82, 2.24) is 9.88 Å². The standard InChI is InChI=1S/C19H19N3O.2ClH/c20-14-6-4-10-22(12-14)19(23)17-11-13-5-1-2-7-15(13)16-8-3-9-21-18(16)17;;/h1-3,5,7-9,11,14H,4,6,10,12,20H2;2*1H. The van der Waals surface area contributed by atoms with E-state index < -0.39 is 0 Å². The second kappa shape index (κ2) is 8.00. The molecule has 0 saturated carbocycles. The highest BCUT2D eigenvalue weighted by Crippen LogP contribution is 2.28. The van der Waals surface area contributed by atoms with Gasteiger partial charge in [0.05, 0.1) is 11.1 Å². The van der Waals surface area contributed by atoms with Gasteiger partial charge in [0.25, 0.3) is 5.91 Å². The van der Waals surface area contributed by atoms with Crippen LogP contribution in [0.4, 0.5) is 0 Å². The fraction of sp³-hybridized carbons (Fsp3) is 0.263. The molecule has 1 aliphatic heterocycles. The topological polar surface area (TPSA) is 59.2 Å². The summed E-state index contributed by atoms with van der Waals surface area (Å²) in [6.07, 6.45) is 3.70. The van der Waals surface area contributed by atoms with E-state index in [2.05, 4.69) is 11.1 Å². The van der Waals surface area contributed by atoms with Gasteiger partial charge in [0.1, 0.15) is 0 Å². The number of nitrogens with two attached hydrogens (primary N) is 1. The first-order valence-corrected chi connectivity index (χ1v) is 8.05. The molecule has 132 valence electrons. The lowest BCUT2D eigenvalue weighted by Gasteiger charge is -2.31. The van der Waals surface area contributed by atoms with Gasteiger partial charge in [-0.1, -0.05) is 30.3 Å². The predicted molar refractivity (Wildman–Crippen MR) is 107 cm³/mol. The van der Waals surface area contributed by atoms with Gasteiger partial charge in [-0.3, -0.25) is 9.78 Å². The number of carbonyl (C=O) groups is 1. The number of carbonyl (C=O) groups excluding carboxylic acids is 1. The van der Waals surface area contributed by atoms with E-state index in [9.17, 15) is 4.79 Å². The summed E-state index contributed by atoms with van der Waals surface area (Å²) in [5, 5.41) is 3.22. The Balaban J connectivity index is 0.00000113. The van der Waals surface area contributed by atoms with Crippen molar-refractivity contribution in [1.29, 1.82) is 0 Å². The maximum Gasteiger partial charge on any atom is 0.256 e. The lowest BCUT2D eigenvalue weighted by Crippen LogP contribution is -2.45. The third-order valence-corrected chi connectivity index (χ3v) is 4.59. The molecule has 0 radical (unpaired) electrons. The van der Waals surface area contributed by atoms with E-state index in [0.29, 0.717) is 12.1 Å². The summed E-state index contributed by atoms with van der Waals surface area (Å²) in [7, 11) is 0. The van der Waals surface area contributed by atoms with Gasteiger partial charge in [-0.2, -0.15) is 0 Å². The first-order valence-electron chi connectivity index (χ1n) is 8.05. The van der Waals surface area contributed by atoms with Crippen molar-refractivity contribution in [2.24, 2.45) is 5.73 Å². The summed E-state index contributed by atoms with van der Waals surface area (Å²) in [6.45, 7) is 1.40. The van der Waals surface area contributed by atoms with Crippen molar-refractivity contribution >= 4 is 52.4 Å². The maximum absolute atomic E-state index is 13.0. The zero-order valence-electron chi connectivity index (χ0n) is 13.7. The molecule has 3 aromatic rings.